The van der Waals surface area contributed by atoms with Crippen molar-refractivity contribution in [3.05, 3.63) is 34.9 Å². The molecule has 0 aromatic heterocycles. The smallest absolute Gasteiger partial charge is 0.188 e. The lowest BCUT2D eigenvalue weighted by molar-refractivity contribution is 0.179. The summed E-state index contributed by atoms with van der Waals surface area (Å²) in [6, 6.07) is 6.52. The van der Waals surface area contributed by atoms with Crippen molar-refractivity contribution in [2.45, 2.75) is 33.2 Å². The van der Waals surface area contributed by atoms with Gasteiger partial charge in [0.15, 0.2) is 5.96 Å². The van der Waals surface area contributed by atoms with Crippen molar-refractivity contribution in [3.8, 4) is 0 Å². The molecule has 0 fully saturated rings. The first-order valence-electron chi connectivity index (χ1n) is 6.65. The lowest BCUT2D eigenvalue weighted by Gasteiger charge is -2.13. The summed E-state index contributed by atoms with van der Waals surface area (Å²) in [5.74, 6) is 0.482. The molecule has 1 atom stereocenters. The molecule has 0 amide bonds. The molecule has 1 aromatic rings. The maximum Gasteiger partial charge on any atom is 0.188 e. The Hall–Kier alpha value is -1.55. The lowest BCUT2D eigenvalue weighted by atomic mass is 10.0. The summed E-state index contributed by atoms with van der Waals surface area (Å²) >= 11 is 0. The first kappa shape index (κ1) is 15.5. The number of aryl methyl sites for hydroxylation is 2. The molecular weight excluding hydrogens is 238 g/mol. The summed E-state index contributed by atoms with van der Waals surface area (Å²) in [4.78, 5) is 4.35. The monoisotopic (exact) mass is 263 g/mol. The van der Waals surface area contributed by atoms with Gasteiger partial charge in [0.25, 0.3) is 0 Å². The zero-order valence-electron chi connectivity index (χ0n) is 12.4. The Morgan fingerprint density at radius 2 is 2.00 bits per heavy atom. The third-order valence-electron chi connectivity index (χ3n) is 3.10. The van der Waals surface area contributed by atoms with E-state index in [-0.39, 0.29) is 6.04 Å². The molecule has 0 aliphatic carbocycles. The highest BCUT2D eigenvalue weighted by Crippen LogP contribution is 2.13. The Morgan fingerprint density at radius 3 is 2.58 bits per heavy atom. The first-order valence-corrected chi connectivity index (χ1v) is 6.65. The SMILES string of the molecule is COCC(C)NC(N)=NCCc1c(C)cccc1C. The number of aliphatic imine (C=N–C) groups is 1. The Bertz CT molecular complexity index is 409. The maximum atomic E-state index is 5.83. The Balaban J connectivity index is 2.49. The minimum Gasteiger partial charge on any atom is -0.383 e. The molecule has 0 heterocycles. The Morgan fingerprint density at radius 1 is 1.37 bits per heavy atom. The first-order chi connectivity index (χ1) is 9.04. The van der Waals surface area contributed by atoms with Gasteiger partial charge in [-0.1, -0.05) is 18.2 Å². The number of hydrogen-bond acceptors (Lipinski definition) is 2. The number of nitrogens with zero attached hydrogens (tertiary/aromatic N) is 1. The van der Waals surface area contributed by atoms with Crippen molar-refractivity contribution >= 4 is 5.96 Å². The van der Waals surface area contributed by atoms with Gasteiger partial charge in [0.2, 0.25) is 0 Å². The van der Waals surface area contributed by atoms with E-state index in [0.717, 1.165) is 6.42 Å². The number of ether oxygens (including phenoxy) is 1. The number of methoxy groups -OCH3 is 1. The molecule has 1 unspecified atom stereocenters. The molecule has 0 spiro atoms. The quantitative estimate of drug-likeness (QED) is 0.607. The molecule has 0 aliphatic heterocycles. The fourth-order valence-corrected chi connectivity index (χ4v) is 2.12. The summed E-state index contributed by atoms with van der Waals surface area (Å²) in [6.07, 6.45) is 0.916. The number of nitrogens with one attached hydrogen (secondary N) is 1. The van der Waals surface area contributed by atoms with Gasteiger partial charge in [-0.05, 0) is 43.9 Å². The van der Waals surface area contributed by atoms with E-state index in [0.29, 0.717) is 19.1 Å². The zero-order chi connectivity index (χ0) is 14.3. The molecule has 4 heteroatoms. The van der Waals surface area contributed by atoms with Crippen molar-refractivity contribution in [2.24, 2.45) is 10.7 Å². The third kappa shape index (κ3) is 5.30. The van der Waals surface area contributed by atoms with Gasteiger partial charge in [0.05, 0.1) is 6.61 Å². The van der Waals surface area contributed by atoms with Crippen LogP contribution in [0.25, 0.3) is 0 Å². The minimum atomic E-state index is 0.175. The van der Waals surface area contributed by atoms with Crippen molar-refractivity contribution in [1.29, 1.82) is 0 Å². The topological polar surface area (TPSA) is 59.6 Å². The molecule has 0 saturated carbocycles. The van der Waals surface area contributed by atoms with Crippen LogP contribution in [-0.2, 0) is 11.2 Å². The minimum absolute atomic E-state index is 0.175. The second-order valence-electron chi connectivity index (χ2n) is 4.89. The van der Waals surface area contributed by atoms with Gasteiger partial charge in [0, 0.05) is 19.7 Å². The van der Waals surface area contributed by atoms with Crippen LogP contribution in [-0.4, -0.2) is 32.3 Å². The van der Waals surface area contributed by atoms with Crippen LogP contribution in [0, 0.1) is 13.8 Å². The van der Waals surface area contributed by atoms with E-state index in [4.69, 9.17) is 10.5 Å². The van der Waals surface area contributed by atoms with E-state index in [2.05, 4.69) is 42.4 Å². The number of benzene rings is 1. The van der Waals surface area contributed by atoms with E-state index in [1.165, 1.54) is 16.7 Å². The molecular formula is C15H25N3O. The number of rotatable bonds is 6. The predicted molar refractivity (Wildman–Crippen MR) is 80.6 cm³/mol. The van der Waals surface area contributed by atoms with Crippen LogP contribution in [0.5, 0.6) is 0 Å². The highest BCUT2D eigenvalue weighted by molar-refractivity contribution is 5.78. The highest BCUT2D eigenvalue weighted by atomic mass is 16.5. The standard InChI is InChI=1S/C15H25N3O/c1-11-6-5-7-12(2)14(11)8-9-17-15(16)18-13(3)10-19-4/h5-7,13H,8-10H2,1-4H3,(H3,16,17,18). The summed E-state index contributed by atoms with van der Waals surface area (Å²) in [6.45, 7) is 7.59. The molecule has 3 N–H and O–H groups in total. The molecule has 19 heavy (non-hydrogen) atoms. The largest absolute Gasteiger partial charge is 0.383 e. The van der Waals surface area contributed by atoms with Gasteiger partial charge < -0.3 is 15.8 Å². The number of guanidine groups is 1. The van der Waals surface area contributed by atoms with Crippen molar-refractivity contribution < 1.29 is 4.74 Å². The van der Waals surface area contributed by atoms with Crippen LogP contribution in [0.15, 0.2) is 23.2 Å². The van der Waals surface area contributed by atoms with Gasteiger partial charge in [-0.15, -0.1) is 0 Å². The summed E-state index contributed by atoms with van der Waals surface area (Å²) in [5.41, 5.74) is 9.82. The van der Waals surface area contributed by atoms with E-state index < -0.39 is 0 Å². The van der Waals surface area contributed by atoms with Crippen LogP contribution in [0.3, 0.4) is 0 Å². The average Bonchev–Trinajstić information content (AvgIpc) is 2.33. The van der Waals surface area contributed by atoms with Gasteiger partial charge in [-0.3, -0.25) is 4.99 Å². The van der Waals surface area contributed by atoms with Crippen molar-refractivity contribution in [2.75, 3.05) is 20.3 Å². The summed E-state index contributed by atoms with van der Waals surface area (Å²) in [5, 5.41) is 3.10. The van der Waals surface area contributed by atoms with E-state index in [1.807, 2.05) is 6.92 Å². The van der Waals surface area contributed by atoms with Crippen molar-refractivity contribution in [1.82, 2.24) is 5.32 Å². The molecule has 0 aliphatic rings. The van der Waals surface area contributed by atoms with Gasteiger partial charge in [-0.25, -0.2) is 0 Å². The fraction of sp³-hybridized carbons (Fsp3) is 0.533. The molecule has 0 radical (unpaired) electrons. The molecule has 1 rings (SSSR count). The molecule has 106 valence electrons. The van der Waals surface area contributed by atoms with Gasteiger partial charge >= 0.3 is 0 Å². The normalized spacial score (nSPS) is 13.4. The van der Waals surface area contributed by atoms with E-state index in [9.17, 15) is 0 Å². The number of nitrogens with two attached hydrogens (primary N) is 1. The van der Waals surface area contributed by atoms with Crippen LogP contribution in [0.1, 0.15) is 23.6 Å². The second kappa shape index (κ2) is 7.79. The maximum absolute atomic E-state index is 5.83. The molecule has 0 bridgehead atoms. The predicted octanol–water partition coefficient (Wildman–Crippen LogP) is 1.79. The lowest BCUT2D eigenvalue weighted by Crippen LogP contribution is -2.40. The van der Waals surface area contributed by atoms with Crippen LogP contribution in [0.2, 0.25) is 0 Å². The zero-order valence-corrected chi connectivity index (χ0v) is 12.4. The summed E-state index contributed by atoms with van der Waals surface area (Å²) < 4.78 is 5.04. The van der Waals surface area contributed by atoms with Gasteiger partial charge in [-0.2, -0.15) is 0 Å². The average molecular weight is 263 g/mol. The van der Waals surface area contributed by atoms with Gasteiger partial charge in [0.1, 0.15) is 0 Å². The molecule has 4 nitrogen and oxygen atoms in total. The Labute approximate surface area is 116 Å². The molecule has 0 saturated heterocycles. The van der Waals surface area contributed by atoms with Crippen LogP contribution in [0.4, 0.5) is 0 Å². The second-order valence-corrected chi connectivity index (χ2v) is 4.89. The summed E-state index contributed by atoms with van der Waals surface area (Å²) in [7, 11) is 1.67. The van der Waals surface area contributed by atoms with Crippen LogP contribution < -0.4 is 11.1 Å². The van der Waals surface area contributed by atoms with E-state index >= 15 is 0 Å². The fourth-order valence-electron chi connectivity index (χ4n) is 2.12. The third-order valence-corrected chi connectivity index (χ3v) is 3.10. The Kier molecular flexibility index (Phi) is 6.36. The van der Waals surface area contributed by atoms with Crippen LogP contribution >= 0.6 is 0 Å². The molecule has 1 aromatic carbocycles. The van der Waals surface area contributed by atoms with E-state index in [1.54, 1.807) is 7.11 Å². The number of hydrogen-bond donors (Lipinski definition) is 2. The highest BCUT2D eigenvalue weighted by Gasteiger charge is 2.03. The van der Waals surface area contributed by atoms with Crippen molar-refractivity contribution in [3.63, 3.8) is 0 Å².